The van der Waals surface area contributed by atoms with Crippen molar-refractivity contribution in [1.82, 2.24) is 0 Å². The molecule has 0 saturated heterocycles. The maximum absolute atomic E-state index is 10.1. The first-order valence-corrected chi connectivity index (χ1v) is 5.05. The normalized spacial score (nSPS) is 20.3. The summed E-state index contributed by atoms with van der Waals surface area (Å²) in [6, 6.07) is 0. The lowest BCUT2D eigenvalue weighted by Crippen LogP contribution is -2.45. The molecule has 0 aliphatic heterocycles. The Labute approximate surface area is 101 Å². The number of carbonyl (C=O) groups excluding carboxylic acids is 1. The van der Waals surface area contributed by atoms with Crippen molar-refractivity contribution < 1.29 is 30.3 Å². The highest BCUT2D eigenvalue weighted by Gasteiger charge is 2.32. The zero-order valence-electron chi connectivity index (χ0n) is 7.94. The Kier molecular flexibility index (Phi) is 6.89. The third-order valence-electron chi connectivity index (χ3n) is 1.76. The van der Waals surface area contributed by atoms with E-state index in [2.05, 4.69) is 0 Å². The van der Waals surface area contributed by atoms with Crippen LogP contribution in [0.4, 0.5) is 0 Å². The predicted octanol–water partition coefficient (Wildman–Crippen LogP) is -1.13. The Bertz CT molecular complexity index is 257. The van der Waals surface area contributed by atoms with E-state index in [9.17, 15) is 15.0 Å². The average molecular weight is 275 g/mol. The highest BCUT2D eigenvalue weighted by molar-refractivity contribution is 6.45. The van der Waals surface area contributed by atoms with Gasteiger partial charge in [-0.3, -0.25) is 0 Å². The number of hydrogen-bond acceptors (Lipinski definition) is 6. The van der Waals surface area contributed by atoms with Crippen LogP contribution in [0.2, 0.25) is 0 Å². The summed E-state index contributed by atoms with van der Waals surface area (Å²) >= 11 is 10.5. The molecule has 0 aromatic carbocycles. The molecule has 0 spiro atoms. The first-order chi connectivity index (χ1) is 7.31. The molecule has 0 radical (unpaired) electrons. The van der Waals surface area contributed by atoms with Gasteiger partial charge in [-0.2, -0.15) is 0 Å². The molecule has 0 aliphatic rings. The van der Waals surface area contributed by atoms with Crippen molar-refractivity contribution in [2.75, 3.05) is 0 Å². The third kappa shape index (κ3) is 4.65. The number of alkyl halides is 2. The van der Waals surface area contributed by atoms with Gasteiger partial charge in [-0.1, -0.05) is 0 Å². The van der Waals surface area contributed by atoms with Gasteiger partial charge in [0.05, 0.1) is 0 Å². The van der Waals surface area contributed by atoms with E-state index in [-0.39, 0.29) is 6.29 Å². The predicted molar refractivity (Wildman–Crippen MR) is 56.3 cm³/mol. The largest absolute Gasteiger partial charge is 0.510 e. The summed E-state index contributed by atoms with van der Waals surface area (Å²) in [5.41, 5.74) is 0. The van der Waals surface area contributed by atoms with Crippen molar-refractivity contribution in [3.63, 3.8) is 0 Å². The fraction of sp³-hybridized carbons (Fsp3) is 0.625. The zero-order chi connectivity index (χ0) is 12.9. The molecule has 0 aromatic rings. The smallest absolute Gasteiger partial charge is 0.151 e. The van der Waals surface area contributed by atoms with E-state index in [4.69, 9.17) is 38.5 Å². The van der Waals surface area contributed by atoms with Gasteiger partial charge in [0, 0.05) is 0 Å². The van der Waals surface area contributed by atoms with Crippen molar-refractivity contribution in [3.8, 4) is 0 Å². The van der Waals surface area contributed by atoms with Crippen molar-refractivity contribution >= 4 is 29.5 Å². The van der Waals surface area contributed by atoms with Gasteiger partial charge in [-0.05, 0) is 6.08 Å². The summed E-state index contributed by atoms with van der Waals surface area (Å²) in [7, 11) is 0. The Morgan fingerprint density at radius 1 is 1.06 bits per heavy atom. The number of aliphatic hydroxyl groups is 5. The molecule has 8 heteroatoms. The van der Waals surface area contributed by atoms with E-state index in [0.717, 1.165) is 6.08 Å². The van der Waals surface area contributed by atoms with E-state index in [0.29, 0.717) is 0 Å². The SMILES string of the molecule is O=C[C@H](O)[C@@H](O)[C@H](O)[C@H](O)C(O)=CC(Cl)Cl. The molecule has 0 aromatic heterocycles. The van der Waals surface area contributed by atoms with Crippen molar-refractivity contribution in [2.24, 2.45) is 0 Å². The lowest BCUT2D eigenvalue weighted by molar-refractivity contribution is -0.132. The first-order valence-electron chi connectivity index (χ1n) is 4.17. The lowest BCUT2D eigenvalue weighted by atomic mass is 10.0. The minimum atomic E-state index is -1.96. The van der Waals surface area contributed by atoms with Crippen LogP contribution in [0.25, 0.3) is 0 Å². The number of aldehydes is 1. The lowest BCUT2D eigenvalue weighted by Gasteiger charge is -2.23. The third-order valence-corrected chi connectivity index (χ3v) is 2.01. The van der Waals surface area contributed by atoms with Crippen LogP contribution in [0.3, 0.4) is 0 Å². The van der Waals surface area contributed by atoms with Crippen LogP contribution < -0.4 is 0 Å². The Morgan fingerprint density at radius 3 is 1.94 bits per heavy atom. The van der Waals surface area contributed by atoms with Crippen LogP contribution in [0, 0.1) is 0 Å². The number of aliphatic hydroxyl groups excluding tert-OH is 5. The quantitative estimate of drug-likeness (QED) is 0.238. The molecule has 94 valence electrons. The topological polar surface area (TPSA) is 118 Å². The van der Waals surface area contributed by atoms with Gasteiger partial charge in [0.2, 0.25) is 0 Å². The van der Waals surface area contributed by atoms with Crippen LogP contribution in [-0.2, 0) is 4.79 Å². The molecular formula is C8H12Cl2O6. The van der Waals surface area contributed by atoms with E-state index >= 15 is 0 Å². The second kappa shape index (κ2) is 7.05. The summed E-state index contributed by atoms with van der Waals surface area (Å²) in [6.45, 7) is 0. The van der Waals surface area contributed by atoms with Gasteiger partial charge in [0.1, 0.15) is 35.0 Å². The summed E-state index contributed by atoms with van der Waals surface area (Å²) in [5.74, 6) is -0.778. The number of halogens is 2. The van der Waals surface area contributed by atoms with Crippen molar-refractivity contribution in [1.29, 1.82) is 0 Å². The molecule has 6 nitrogen and oxygen atoms in total. The molecule has 0 heterocycles. The molecule has 0 unspecified atom stereocenters. The molecule has 0 saturated carbocycles. The van der Waals surface area contributed by atoms with E-state index < -0.39 is 35.0 Å². The molecule has 16 heavy (non-hydrogen) atoms. The Morgan fingerprint density at radius 2 is 1.56 bits per heavy atom. The zero-order valence-corrected chi connectivity index (χ0v) is 9.45. The number of hydrogen-bond donors (Lipinski definition) is 5. The molecule has 0 rings (SSSR count). The molecular weight excluding hydrogens is 263 g/mol. The summed E-state index contributed by atoms with van der Waals surface area (Å²) in [5, 5.41) is 45.7. The van der Waals surface area contributed by atoms with Gasteiger partial charge >= 0.3 is 0 Å². The van der Waals surface area contributed by atoms with Crippen LogP contribution in [0.1, 0.15) is 0 Å². The van der Waals surface area contributed by atoms with Gasteiger partial charge in [0.15, 0.2) is 6.29 Å². The maximum atomic E-state index is 10.1. The number of allylic oxidation sites excluding steroid dienone is 1. The molecule has 4 atom stereocenters. The van der Waals surface area contributed by atoms with E-state index in [1.54, 1.807) is 0 Å². The fourth-order valence-electron chi connectivity index (χ4n) is 0.872. The number of carbonyl (C=O) groups is 1. The van der Waals surface area contributed by atoms with Crippen molar-refractivity contribution in [3.05, 3.63) is 11.8 Å². The highest BCUT2D eigenvalue weighted by Crippen LogP contribution is 2.13. The van der Waals surface area contributed by atoms with Crippen LogP contribution >= 0.6 is 23.2 Å². The van der Waals surface area contributed by atoms with Crippen molar-refractivity contribution in [2.45, 2.75) is 29.3 Å². The molecule has 0 fully saturated rings. The van der Waals surface area contributed by atoms with Gasteiger partial charge in [-0.25, -0.2) is 0 Å². The second-order valence-corrected chi connectivity index (χ2v) is 4.14. The van der Waals surface area contributed by atoms with Gasteiger partial charge in [-0.15, -0.1) is 23.2 Å². The summed E-state index contributed by atoms with van der Waals surface area (Å²) in [6.07, 6.45) is -6.88. The van der Waals surface area contributed by atoms with Crippen LogP contribution in [-0.4, -0.2) is 61.1 Å². The second-order valence-electron chi connectivity index (χ2n) is 2.98. The standard InChI is InChI=1S/C8H12Cl2O6/c9-5(10)1-3(12)6(14)8(16)7(15)4(13)2-11/h1-2,4-8,12-16H/t4-,6+,7+,8+/m0/s1. The molecule has 5 N–H and O–H groups in total. The van der Waals surface area contributed by atoms with Crippen LogP contribution in [0.5, 0.6) is 0 Å². The summed E-state index contributed by atoms with van der Waals surface area (Å²) in [4.78, 5) is 8.98. The Hall–Kier alpha value is -0.370. The summed E-state index contributed by atoms with van der Waals surface area (Å²) < 4.78 is 0. The van der Waals surface area contributed by atoms with E-state index in [1.807, 2.05) is 0 Å². The van der Waals surface area contributed by atoms with Gasteiger partial charge < -0.3 is 30.3 Å². The molecule has 0 bridgehead atoms. The van der Waals surface area contributed by atoms with Gasteiger partial charge in [0.25, 0.3) is 0 Å². The number of rotatable bonds is 6. The van der Waals surface area contributed by atoms with Crippen LogP contribution in [0.15, 0.2) is 11.8 Å². The fourth-order valence-corrected chi connectivity index (χ4v) is 1.13. The minimum Gasteiger partial charge on any atom is -0.510 e. The monoisotopic (exact) mass is 274 g/mol. The van der Waals surface area contributed by atoms with E-state index in [1.165, 1.54) is 0 Å². The molecule has 0 amide bonds. The molecule has 0 aliphatic carbocycles. The highest BCUT2D eigenvalue weighted by atomic mass is 35.5. The Balaban J connectivity index is 4.60. The maximum Gasteiger partial charge on any atom is 0.151 e. The first kappa shape index (κ1) is 15.6. The average Bonchev–Trinajstić information content (AvgIpc) is 2.23. The minimum absolute atomic E-state index is 0.0206.